The maximum atomic E-state index is 13.0. The van der Waals surface area contributed by atoms with Crippen molar-refractivity contribution in [3.63, 3.8) is 0 Å². The summed E-state index contributed by atoms with van der Waals surface area (Å²) in [6, 6.07) is 10.5. The largest absolute Gasteiger partial charge is 0.379 e. The van der Waals surface area contributed by atoms with Crippen LogP contribution in [-0.2, 0) is 20.1 Å². The minimum absolute atomic E-state index is 0.232. The number of halogens is 1. The molecule has 17 heavy (non-hydrogen) atoms. The van der Waals surface area contributed by atoms with E-state index in [0.29, 0.717) is 13.1 Å². The highest BCUT2D eigenvalue weighted by Crippen LogP contribution is 2.12. The predicted octanol–water partition coefficient (Wildman–Crippen LogP) is 2.24. The van der Waals surface area contributed by atoms with Gasteiger partial charge in [-0.2, -0.15) is 0 Å². The minimum Gasteiger partial charge on any atom is -0.379 e. The summed E-state index contributed by atoms with van der Waals surface area (Å²) in [5.74, 6) is -0.232. The zero-order valence-corrected chi connectivity index (χ0v) is 9.78. The molecule has 0 radical (unpaired) electrons. The van der Waals surface area contributed by atoms with Gasteiger partial charge in [0.15, 0.2) is 0 Å². The van der Waals surface area contributed by atoms with Crippen LogP contribution in [-0.4, -0.2) is 4.57 Å². The zero-order valence-electron chi connectivity index (χ0n) is 9.78. The van der Waals surface area contributed by atoms with Crippen molar-refractivity contribution in [2.24, 2.45) is 12.8 Å². The summed E-state index contributed by atoms with van der Waals surface area (Å²) in [4.78, 5) is 0. The Kier molecular flexibility index (Phi) is 3.44. The number of hydrogen-bond donors (Lipinski definition) is 2. The van der Waals surface area contributed by atoms with Crippen LogP contribution in [0.5, 0.6) is 0 Å². The number of anilines is 1. The fraction of sp³-hybridized carbons (Fsp3) is 0.231. The number of nitrogens with zero attached hydrogens (tertiary/aromatic N) is 1. The molecule has 0 fully saturated rings. The van der Waals surface area contributed by atoms with Crippen LogP contribution in [0, 0.1) is 5.82 Å². The van der Waals surface area contributed by atoms with Gasteiger partial charge in [0.2, 0.25) is 0 Å². The van der Waals surface area contributed by atoms with Crippen molar-refractivity contribution in [2.45, 2.75) is 13.1 Å². The van der Waals surface area contributed by atoms with Gasteiger partial charge in [-0.05, 0) is 30.3 Å². The molecule has 3 nitrogen and oxygen atoms in total. The molecule has 3 N–H and O–H groups in total. The molecule has 0 aliphatic carbocycles. The Morgan fingerprint density at radius 1 is 1.24 bits per heavy atom. The number of nitrogens with one attached hydrogen (secondary N) is 1. The van der Waals surface area contributed by atoms with Gasteiger partial charge in [0.25, 0.3) is 0 Å². The number of nitrogens with two attached hydrogens (primary N) is 1. The molecule has 1 heterocycles. The van der Waals surface area contributed by atoms with Crippen molar-refractivity contribution in [2.75, 3.05) is 5.32 Å². The second kappa shape index (κ2) is 5.01. The van der Waals surface area contributed by atoms with Crippen LogP contribution in [0.15, 0.2) is 36.4 Å². The van der Waals surface area contributed by atoms with Gasteiger partial charge in [0, 0.05) is 30.7 Å². The van der Waals surface area contributed by atoms with Gasteiger partial charge in [-0.3, -0.25) is 0 Å². The van der Waals surface area contributed by atoms with E-state index in [4.69, 9.17) is 5.73 Å². The molecule has 2 aromatic rings. The summed E-state index contributed by atoms with van der Waals surface area (Å²) in [6.45, 7) is 1.18. The molecule has 1 aromatic heterocycles. The van der Waals surface area contributed by atoms with E-state index < -0.39 is 0 Å². The van der Waals surface area contributed by atoms with E-state index in [9.17, 15) is 4.39 Å². The Balaban J connectivity index is 2.05. The molecule has 0 spiro atoms. The molecule has 0 unspecified atom stereocenters. The van der Waals surface area contributed by atoms with Gasteiger partial charge in [-0.15, -0.1) is 0 Å². The maximum absolute atomic E-state index is 13.0. The van der Waals surface area contributed by atoms with E-state index >= 15 is 0 Å². The summed E-state index contributed by atoms with van der Waals surface area (Å²) in [6.07, 6.45) is 0. The SMILES string of the molecule is Cn1c(CN)ccc1CNc1cccc(F)c1. The molecule has 2 rings (SSSR count). The second-order valence-electron chi connectivity index (χ2n) is 3.94. The monoisotopic (exact) mass is 233 g/mol. The molecule has 0 bridgehead atoms. The summed E-state index contributed by atoms with van der Waals surface area (Å²) >= 11 is 0. The van der Waals surface area contributed by atoms with Crippen LogP contribution >= 0.6 is 0 Å². The molecular formula is C13H16FN3. The van der Waals surface area contributed by atoms with Crippen LogP contribution in [0.25, 0.3) is 0 Å². The average Bonchev–Trinajstić information content (AvgIpc) is 2.67. The molecule has 0 aliphatic rings. The third kappa shape index (κ3) is 2.65. The molecule has 0 atom stereocenters. The molecule has 90 valence electrons. The summed E-state index contributed by atoms with van der Waals surface area (Å²) in [7, 11) is 1.98. The van der Waals surface area contributed by atoms with Gasteiger partial charge >= 0.3 is 0 Å². The van der Waals surface area contributed by atoms with E-state index in [2.05, 4.69) is 5.32 Å². The third-order valence-electron chi connectivity index (χ3n) is 2.84. The van der Waals surface area contributed by atoms with Crippen molar-refractivity contribution < 1.29 is 4.39 Å². The van der Waals surface area contributed by atoms with Crippen LogP contribution in [0.2, 0.25) is 0 Å². The minimum atomic E-state index is -0.232. The Morgan fingerprint density at radius 2 is 2.00 bits per heavy atom. The highest BCUT2D eigenvalue weighted by atomic mass is 19.1. The van der Waals surface area contributed by atoms with E-state index in [-0.39, 0.29) is 5.82 Å². The van der Waals surface area contributed by atoms with E-state index in [1.165, 1.54) is 12.1 Å². The summed E-state index contributed by atoms with van der Waals surface area (Å²) in [5.41, 5.74) is 8.58. The highest BCUT2D eigenvalue weighted by molar-refractivity contribution is 5.43. The van der Waals surface area contributed by atoms with Gasteiger partial charge in [0.1, 0.15) is 5.82 Å². The Hall–Kier alpha value is -1.81. The number of benzene rings is 1. The molecular weight excluding hydrogens is 217 g/mol. The second-order valence-corrected chi connectivity index (χ2v) is 3.94. The Morgan fingerprint density at radius 3 is 2.65 bits per heavy atom. The van der Waals surface area contributed by atoms with E-state index in [1.54, 1.807) is 6.07 Å². The molecule has 4 heteroatoms. The Labute approximate surface area is 100 Å². The molecule has 0 saturated carbocycles. The van der Waals surface area contributed by atoms with E-state index in [1.807, 2.05) is 29.8 Å². The lowest BCUT2D eigenvalue weighted by Gasteiger charge is -2.09. The lowest BCUT2D eigenvalue weighted by atomic mass is 10.3. The fourth-order valence-corrected chi connectivity index (χ4v) is 1.77. The first-order valence-electron chi connectivity index (χ1n) is 5.53. The number of rotatable bonds is 4. The molecule has 1 aromatic carbocycles. The van der Waals surface area contributed by atoms with Gasteiger partial charge < -0.3 is 15.6 Å². The van der Waals surface area contributed by atoms with Crippen molar-refractivity contribution >= 4 is 5.69 Å². The lowest BCUT2D eigenvalue weighted by Crippen LogP contribution is -2.09. The number of hydrogen-bond acceptors (Lipinski definition) is 2. The van der Waals surface area contributed by atoms with Crippen LogP contribution in [0.4, 0.5) is 10.1 Å². The van der Waals surface area contributed by atoms with Crippen molar-refractivity contribution in [3.05, 3.63) is 53.6 Å². The first-order valence-corrected chi connectivity index (χ1v) is 5.53. The standard InChI is InChI=1S/C13H16FN3/c1-17-12(8-15)5-6-13(17)9-16-11-4-2-3-10(14)7-11/h2-7,16H,8-9,15H2,1H3. The molecule has 0 aliphatic heterocycles. The van der Waals surface area contributed by atoms with Gasteiger partial charge in [-0.25, -0.2) is 4.39 Å². The number of aromatic nitrogens is 1. The molecule has 0 saturated heterocycles. The summed E-state index contributed by atoms with van der Waals surface area (Å²) in [5, 5.41) is 3.18. The topological polar surface area (TPSA) is 43.0 Å². The van der Waals surface area contributed by atoms with Crippen LogP contribution < -0.4 is 11.1 Å². The first-order chi connectivity index (χ1) is 8.20. The first kappa shape index (κ1) is 11.7. The van der Waals surface area contributed by atoms with Gasteiger partial charge in [0.05, 0.1) is 6.54 Å². The smallest absolute Gasteiger partial charge is 0.125 e. The van der Waals surface area contributed by atoms with E-state index in [0.717, 1.165) is 17.1 Å². The van der Waals surface area contributed by atoms with Gasteiger partial charge in [-0.1, -0.05) is 6.07 Å². The fourth-order valence-electron chi connectivity index (χ4n) is 1.77. The van der Waals surface area contributed by atoms with Crippen molar-refractivity contribution in [1.82, 2.24) is 4.57 Å². The van der Waals surface area contributed by atoms with Crippen molar-refractivity contribution in [3.8, 4) is 0 Å². The summed E-state index contributed by atoms with van der Waals surface area (Å²) < 4.78 is 15.0. The predicted molar refractivity (Wildman–Crippen MR) is 67.0 cm³/mol. The maximum Gasteiger partial charge on any atom is 0.125 e. The lowest BCUT2D eigenvalue weighted by molar-refractivity contribution is 0.628. The third-order valence-corrected chi connectivity index (χ3v) is 2.84. The normalized spacial score (nSPS) is 10.5. The highest BCUT2D eigenvalue weighted by Gasteiger charge is 2.03. The average molecular weight is 233 g/mol. The van der Waals surface area contributed by atoms with Crippen molar-refractivity contribution in [1.29, 1.82) is 0 Å². The quantitative estimate of drug-likeness (QED) is 0.850. The van der Waals surface area contributed by atoms with Crippen LogP contribution in [0.1, 0.15) is 11.4 Å². The molecule has 0 amide bonds. The Bertz CT molecular complexity index is 505. The van der Waals surface area contributed by atoms with Crippen LogP contribution in [0.3, 0.4) is 0 Å². The zero-order chi connectivity index (χ0) is 12.3.